The molecule has 1 N–H and O–H groups in total. The second-order valence-electron chi connectivity index (χ2n) is 7.52. The average Bonchev–Trinajstić information content (AvgIpc) is 3.28. The molecule has 0 saturated carbocycles. The fourth-order valence-electron chi connectivity index (χ4n) is 3.30. The van der Waals surface area contributed by atoms with Crippen molar-refractivity contribution >= 4 is 29.3 Å². The van der Waals surface area contributed by atoms with E-state index >= 15 is 0 Å². The summed E-state index contributed by atoms with van der Waals surface area (Å²) in [6, 6.07) is 22.7. The van der Waals surface area contributed by atoms with Gasteiger partial charge in [-0.3, -0.25) is 4.79 Å². The van der Waals surface area contributed by atoms with E-state index in [0.29, 0.717) is 34.2 Å². The molecule has 7 nitrogen and oxygen atoms in total. The Labute approximate surface area is 201 Å². The first-order chi connectivity index (χ1) is 16.6. The van der Waals surface area contributed by atoms with Crippen LogP contribution in [-0.4, -0.2) is 28.6 Å². The number of ether oxygens (including phenoxy) is 1. The van der Waals surface area contributed by atoms with Gasteiger partial charge in [-0.25, -0.2) is 9.78 Å². The molecule has 0 fully saturated rings. The number of thioether (sulfide) groups is 1. The van der Waals surface area contributed by atoms with Crippen LogP contribution in [0.5, 0.6) is 0 Å². The summed E-state index contributed by atoms with van der Waals surface area (Å²) in [5, 5.41) is 7.29. The van der Waals surface area contributed by atoms with Crippen molar-refractivity contribution in [3.63, 3.8) is 0 Å². The molecule has 4 aromatic rings. The number of hydrogen-bond donors (Lipinski definition) is 1. The van der Waals surface area contributed by atoms with Gasteiger partial charge in [-0.1, -0.05) is 65.4 Å². The first-order valence-corrected chi connectivity index (χ1v) is 11.7. The van der Waals surface area contributed by atoms with Crippen molar-refractivity contribution in [2.24, 2.45) is 0 Å². The summed E-state index contributed by atoms with van der Waals surface area (Å²) in [7, 11) is 0. The van der Waals surface area contributed by atoms with E-state index in [2.05, 4.69) is 15.5 Å². The SMILES string of the molecule is Cc1cc(CSc2ncccc2C(=O)OCC(=O)Nc2ccccc2Cc2ccccc2)no1. The van der Waals surface area contributed by atoms with Crippen LogP contribution in [0.4, 0.5) is 5.69 Å². The summed E-state index contributed by atoms with van der Waals surface area (Å²) in [4.78, 5) is 29.5. The summed E-state index contributed by atoms with van der Waals surface area (Å²) in [5.74, 6) is 0.185. The number of amides is 1. The van der Waals surface area contributed by atoms with Gasteiger partial charge in [0.1, 0.15) is 10.8 Å². The van der Waals surface area contributed by atoms with E-state index in [1.807, 2.05) is 67.6 Å². The number of aryl methyl sites for hydroxylation is 1. The fraction of sp³-hybridized carbons (Fsp3) is 0.154. The molecule has 0 radical (unpaired) electrons. The molecule has 0 aliphatic heterocycles. The summed E-state index contributed by atoms with van der Waals surface area (Å²) >= 11 is 1.35. The Balaban J connectivity index is 1.35. The number of aromatic nitrogens is 2. The number of benzene rings is 2. The quantitative estimate of drug-likeness (QED) is 0.268. The van der Waals surface area contributed by atoms with E-state index in [4.69, 9.17) is 9.26 Å². The molecule has 0 unspecified atom stereocenters. The molecule has 2 aromatic carbocycles. The van der Waals surface area contributed by atoms with E-state index in [9.17, 15) is 9.59 Å². The van der Waals surface area contributed by atoms with Crippen LogP contribution in [0.3, 0.4) is 0 Å². The van der Waals surface area contributed by atoms with Gasteiger partial charge in [0.05, 0.1) is 11.3 Å². The molecule has 172 valence electrons. The van der Waals surface area contributed by atoms with Gasteiger partial charge in [-0.05, 0) is 42.7 Å². The minimum atomic E-state index is -0.611. The van der Waals surface area contributed by atoms with Crippen LogP contribution in [0.1, 0.15) is 32.9 Å². The molecule has 0 saturated heterocycles. The van der Waals surface area contributed by atoms with Crippen LogP contribution in [0.25, 0.3) is 0 Å². The molecule has 1 amide bonds. The number of esters is 1. The Kier molecular flexibility index (Phi) is 7.72. The molecule has 4 rings (SSSR count). The lowest BCUT2D eigenvalue weighted by atomic mass is 10.0. The van der Waals surface area contributed by atoms with E-state index < -0.39 is 18.5 Å². The van der Waals surface area contributed by atoms with Gasteiger partial charge < -0.3 is 14.6 Å². The van der Waals surface area contributed by atoms with Crippen LogP contribution in [0.2, 0.25) is 0 Å². The van der Waals surface area contributed by atoms with Crippen molar-refractivity contribution in [1.29, 1.82) is 0 Å². The second kappa shape index (κ2) is 11.3. The summed E-state index contributed by atoms with van der Waals surface area (Å²) in [6.07, 6.45) is 2.28. The summed E-state index contributed by atoms with van der Waals surface area (Å²) in [5.41, 5.74) is 3.85. The minimum Gasteiger partial charge on any atom is -0.452 e. The molecule has 8 heteroatoms. The third kappa shape index (κ3) is 6.32. The van der Waals surface area contributed by atoms with Gasteiger partial charge in [0, 0.05) is 23.7 Å². The van der Waals surface area contributed by atoms with Crippen LogP contribution in [0.15, 0.2) is 88.5 Å². The highest BCUT2D eigenvalue weighted by molar-refractivity contribution is 7.98. The number of rotatable bonds is 9. The average molecular weight is 474 g/mol. The highest BCUT2D eigenvalue weighted by Gasteiger charge is 2.17. The largest absolute Gasteiger partial charge is 0.452 e. The number of hydrogen-bond acceptors (Lipinski definition) is 7. The minimum absolute atomic E-state index is 0.296. The molecule has 0 atom stereocenters. The first-order valence-electron chi connectivity index (χ1n) is 10.7. The third-order valence-electron chi connectivity index (χ3n) is 4.89. The van der Waals surface area contributed by atoms with Gasteiger partial charge in [0.2, 0.25) is 0 Å². The highest BCUT2D eigenvalue weighted by Crippen LogP contribution is 2.25. The van der Waals surface area contributed by atoms with Gasteiger partial charge in [-0.2, -0.15) is 0 Å². The zero-order valence-corrected chi connectivity index (χ0v) is 19.4. The standard InChI is InChI=1S/C26H23N3O4S/c1-18-14-21(29-33-18)17-34-25-22(11-7-13-27-25)26(31)32-16-24(30)28-23-12-6-5-10-20(23)15-19-8-3-2-4-9-19/h2-14H,15-17H2,1H3,(H,28,30). The van der Waals surface area contributed by atoms with Crippen molar-refractivity contribution in [3.8, 4) is 0 Å². The molecule has 0 aliphatic rings. The van der Waals surface area contributed by atoms with Crippen molar-refractivity contribution in [1.82, 2.24) is 10.1 Å². The molecular weight excluding hydrogens is 450 g/mol. The predicted molar refractivity (Wildman–Crippen MR) is 130 cm³/mol. The predicted octanol–water partition coefficient (Wildman–Crippen LogP) is 5.06. The highest BCUT2D eigenvalue weighted by atomic mass is 32.2. The van der Waals surface area contributed by atoms with Gasteiger partial charge >= 0.3 is 5.97 Å². The fourth-order valence-corrected chi connectivity index (χ4v) is 4.16. The maximum Gasteiger partial charge on any atom is 0.341 e. The number of anilines is 1. The van der Waals surface area contributed by atoms with Crippen molar-refractivity contribution in [2.75, 3.05) is 11.9 Å². The number of para-hydroxylation sites is 1. The molecular formula is C26H23N3O4S. The topological polar surface area (TPSA) is 94.3 Å². The van der Waals surface area contributed by atoms with E-state index in [0.717, 1.165) is 16.8 Å². The Morgan fingerprint density at radius 3 is 2.62 bits per heavy atom. The number of pyridine rings is 1. The van der Waals surface area contributed by atoms with Crippen LogP contribution in [0, 0.1) is 6.92 Å². The Morgan fingerprint density at radius 1 is 1.03 bits per heavy atom. The summed E-state index contributed by atoms with van der Waals surface area (Å²) < 4.78 is 10.3. The lowest BCUT2D eigenvalue weighted by Crippen LogP contribution is -2.22. The monoisotopic (exact) mass is 473 g/mol. The van der Waals surface area contributed by atoms with Crippen LogP contribution >= 0.6 is 11.8 Å². The second-order valence-corrected chi connectivity index (χ2v) is 8.48. The third-order valence-corrected chi connectivity index (χ3v) is 5.93. The van der Waals surface area contributed by atoms with Gasteiger partial charge in [0.15, 0.2) is 6.61 Å². The maximum atomic E-state index is 12.7. The Bertz CT molecular complexity index is 1270. The zero-order chi connectivity index (χ0) is 23.8. The molecule has 34 heavy (non-hydrogen) atoms. The number of nitrogens with zero attached hydrogens (tertiary/aromatic N) is 2. The normalized spacial score (nSPS) is 10.6. The van der Waals surface area contributed by atoms with Gasteiger partial charge in [-0.15, -0.1) is 0 Å². The van der Waals surface area contributed by atoms with Crippen molar-refractivity contribution in [3.05, 3.63) is 107 Å². The van der Waals surface area contributed by atoms with E-state index in [1.54, 1.807) is 18.3 Å². The van der Waals surface area contributed by atoms with E-state index in [-0.39, 0.29) is 0 Å². The molecule has 0 spiro atoms. The van der Waals surface area contributed by atoms with Gasteiger partial charge in [0.25, 0.3) is 5.91 Å². The number of carbonyl (C=O) groups excluding carboxylic acids is 2. The lowest BCUT2D eigenvalue weighted by Gasteiger charge is -2.12. The van der Waals surface area contributed by atoms with Crippen LogP contribution < -0.4 is 5.32 Å². The summed E-state index contributed by atoms with van der Waals surface area (Å²) in [6.45, 7) is 1.41. The molecule has 2 aromatic heterocycles. The smallest absolute Gasteiger partial charge is 0.341 e. The van der Waals surface area contributed by atoms with Crippen molar-refractivity contribution < 1.29 is 18.8 Å². The number of carbonyl (C=O) groups is 2. The maximum absolute atomic E-state index is 12.7. The molecule has 0 bridgehead atoms. The Morgan fingerprint density at radius 2 is 1.82 bits per heavy atom. The lowest BCUT2D eigenvalue weighted by molar-refractivity contribution is -0.119. The number of nitrogens with one attached hydrogen (secondary N) is 1. The Hall–Kier alpha value is -3.91. The van der Waals surface area contributed by atoms with Crippen molar-refractivity contribution in [2.45, 2.75) is 24.1 Å². The van der Waals surface area contributed by atoms with Crippen LogP contribution in [-0.2, 0) is 21.7 Å². The van der Waals surface area contributed by atoms with E-state index in [1.165, 1.54) is 11.8 Å². The zero-order valence-electron chi connectivity index (χ0n) is 18.6. The molecule has 2 heterocycles. The first kappa shape index (κ1) is 23.3. The molecule has 0 aliphatic carbocycles.